The molecule has 1 aromatic rings. The van der Waals surface area contributed by atoms with E-state index in [-0.39, 0.29) is 11.8 Å². The second-order valence-electron chi connectivity index (χ2n) is 7.66. The summed E-state index contributed by atoms with van der Waals surface area (Å²) in [5.41, 5.74) is 2.45. The zero-order chi connectivity index (χ0) is 18.0. The molecule has 1 heterocycles. The third-order valence-corrected chi connectivity index (χ3v) is 5.31. The van der Waals surface area contributed by atoms with Crippen LogP contribution in [0.25, 0.3) is 0 Å². The molecule has 2 amide bonds. The number of hydrogen-bond donors (Lipinski definition) is 1. The van der Waals surface area contributed by atoms with Gasteiger partial charge in [-0.3, -0.25) is 4.79 Å². The fourth-order valence-electron chi connectivity index (χ4n) is 3.56. The highest BCUT2D eigenvalue weighted by atomic mass is 16.4. The number of nitrogens with zero attached hydrogens (tertiary/aromatic N) is 2. The van der Waals surface area contributed by atoms with E-state index in [1.165, 1.54) is 10.5 Å². The number of carbonyl (C=O) groups excluding carboxylic acids is 1. The lowest BCUT2D eigenvalue weighted by atomic mass is 9.96. The zero-order valence-corrected chi connectivity index (χ0v) is 15.1. The second-order valence-corrected chi connectivity index (χ2v) is 7.66. The third-order valence-electron chi connectivity index (χ3n) is 5.31. The molecule has 136 valence electrons. The molecule has 1 aromatic carbocycles. The number of amides is 2. The predicted octanol–water partition coefficient (Wildman–Crippen LogP) is 3.69. The molecule has 5 heteroatoms. The van der Waals surface area contributed by atoms with E-state index in [2.05, 4.69) is 38.1 Å². The van der Waals surface area contributed by atoms with E-state index >= 15 is 0 Å². The maximum absolute atomic E-state index is 13.0. The van der Waals surface area contributed by atoms with Crippen LogP contribution in [-0.2, 0) is 11.3 Å². The van der Waals surface area contributed by atoms with Crippen molar-refractivity contribution in [1.82, 2.24) is 9.80 Å². The maximum Gasteiger partial charge on any atom is 0.407 e. The monoisotopic (exact) mass is 344 g/mol. The maximum atomic E-state index is 13.0. The number of piperidine rings is 1. The van der Waals surface area contributed by atoms with Gasteiger partial charge in [0.25, 0.3) is 0 Å². The topological polar surface area (TPSA) is 60.9 Å². The van der Waals surface area contributed by atoms with Crippen molar-refractivity contribution in [3.05, 3.63) is 35.4 Å². The average Bonchev–Trinajstić information content (AvgIpc) is 3.44. The van der Waals surface area contributed by atoms with Crippen LogP contribution in [0.1, 0.15) is 56.6 Å². The lowest BCUT2D eigenvalue weighted by Gasteiger charge is -2.34. The smallest absolute Gasteiger partial charge is 0.407 e. The molecule has 0 aromatic heterocycles. The Labute approximate surface area is 149 Å². The van der Waals surface area contributed by atoms with Crippen molar-refractivity contribution in [2.75, 3.05) is 13.1 Å². The Balaban J connectivity index is 1.68. The van der Waals surface area contributed by atoms with Crippen molar-refractivity contribution in [1.29, 1.82) is 0 Å². The molecular weight excluding hydrogens is 316 g/mol. The number of benzene rings is 1. The highest BCUT2D eigenvalue weighted by molar-refractivity contribution is 5.80. The Hall–Kier alpha value is -2.04. The van der Waals surface area contributed by atoms with E-state index in [1.807, 2.05) is 4.90 Å². The molecule has 5 nitrogen and oxygen atoms in total. The van der Waals surface area contributed by atoms with Gasteiger partial charge in [-0.1, -0.05) is 38.1 Å². The van der Waals surface area contributed by atoms with Gasteiger partial charge in [0, 0.05) is 25.7 Å². The van der Waals surface area contributed by atoms with Gasteiger partial charge in [0.15, 0.2) is 0 Å². The molecule has 1 aliphatic carbocycles. The van der Waals surface area contributed by atoms with Crippen LogP contribution >= 0.6 is 0 Å². The summed E-state index contributed by atoms with van der Waals surface area (Å²) in [6.45, 7) is 5.85. The largest absolute Gasteiger partial charge is 0.465 e. The number of carbonyl (C=O) groups is 2. The summed E-state index contributed by atoms with van der Waals surface area (Å²) in [7, 11) is 0. The van der Waals surface area contributed by atoms with Gasteiger partial charge in [-0.25, -0.2) is 4.79 Å². The number of likely N-dealkylation sites (tertiary alicyclic amines) is 1. The van der Waals surface area contributed by atoms with E-state index in [0.29, 0.717) is 31.6 Å². The standard InChI is InChI=1S/C20H28N2O3/c1-14(2)16-7-5-15(6-8-16)12-22(18-9-10-18)19(23)17-4-3-11-21(13-17)20(24)25/h5-8,14,17-18H,3-4,9-13H2,1-2H3,(H,24,25). The highest BCUT2D eigenvalue weighted by Crippen LogP contribution is 2.31. The van der Waals surface area contributed by atoms with Crippen molar-refractivity contribution in [2.45, 2.75) is 58.0 Å². The molecule has 1 unspecified atom stereocenters. The Bertz CT molecular complexity index is 622. The first-order valence-corrected chi connectivity index (χ1v) is 9.33. The molecule has 0 radical (unpaired) electrons. The molecule has 1 atom stereocenters. The Morgan fingerprint density at radius 1 is 1.20 bits per heavy atom. The molecule has 3 rings (SSSR count). The zero-order valence-electron chi connectivity index (χ0n) is 15.1. The first-order chi connectivity index (χ1) is 12.0. The Kier molecular flexibility index (Phi) is 5.30. The first kappa shape index (κ1) is 17.8. The normalized spacial score (nSPS) is 20.6. The number of hydrogen-bond acceptors (Lipinski definition) is 2. The SMILES string of the molecule is CC(C)c1ccc(CN(C(=O)C2CCCN(C(=O)O)C2)C2CC2)cc1. The van der Waals surface area contributed by atoms with Crippen LogP contribution in [0.2, 0.25) is 0 Å². The molecular formula is C20H28N2O3. The van der Waals surface area contributed by atoms with Crippen LogP contribution < -0.4 is 0 Å². The first-order valence-electron chi connectivity index (χ1n) is 9.33. The Morgan fingerprint density at radius 2 is 1.88 bits per heavy atom. The molecule has 1 saturated carbocycles. The molecule has 2 fully saturated rings. The number of carboxylic acid groups (broad SMARTS) is 1. The van der Waals surface area contributed by atoms with E-state index in [4.69, 9.17) is 0 Å². The van der Waals surface area contributed by atoms with Crippen LogP contribution in [0.3, 0.4) is 0 Å². The van der Waals surface area contributed by atoms with Crippen molar-refractivity contribution in [3.63, 3.8) is 0 Å². The van der Waals surface area contributed by atoms with Crippen LogP contribution in [-0.4, -0.2) is 46.0 Å². The second kappa shape index (κ2) is 7.46. The van der Waals surface area contributed by atoms with Crippen molar-refractivity contribution in [2.24, 2.45) is 5.92 Å². The van der Waals surface area contributed by atoms with E-state index in [9.17, 15) is 14.7 Å². The summed E-state index contributed by atoms with van der Waals surface area (Å²) in [6, 6.07) is 8.84. The van der Waals surface area contributed by atoms with Gasteiger partial charge in [-0.2, -0.15) is 0 Å². The van der Waals surface area contributed by atoms with Gasteiger partial charge in [-0.05, 0) is 42.7 Å². The van der Waals surface area contributed by atoms with Gasteiger partial charge in [-0.15, -0.1) is 0 Å². The van der Waals surface area contributed by atoms with Gasteiger partial charge in [0.05, 0.1) is 5.92 Å². The predicted molar refractivity (Wildman–Crippen MR) is 96.4 cm³/mol. The fourth-order valence-corrected chi connectivity index (χ4v) is 3.56. The minimum absolute atomic E-state index is 0.126. The van der Waals surface area contributed by atoms with Gasteiger partial charge in [0.1, 0.15) is 0 Å². The molecule has 25 heavy (non-hydrogen) atoms. The lowest BCUT2D eigenvalue weighted by Crippen LogP contribution is -2.46. The van der Waals surface area contributed by atoms with Gasteiger partial charge < -0.3 is 14.9 Å². The van der Waals surface area contributed by atoms with E-state index < -0.39 is 6.09 Å². The van der Waals surface area contributed by atoms with Crippen LogP contribution in [0.15, 0.2) is 24.3 Å². The quantitative estimate of drug-likeness (QED) is 0.886. The Morgan fingerprint density at radius 3 is 2.44 bits per heavy atom. The molecule has 0 spiro atoms. The average molecular weight is 344 g/mol. The van der Waals surface area contributed by atoms with Crippen molar-refractivity contribution < 1.29 is 14.7 Å². The molecule has 1 saturated heterocycles. The van der Waals surface area contributed by atoms with Crippen molar-refractivity contribution >= 4 is 12.0 Å². The van der Waals surface area contributed by atoms with Gasteiger partial charge in [0.2, 0.25) is 5.91 Å². The molecule has 0 bridgehead atoms. The summed E-state index contributed by atoms with van der Waals surface area (Å²) in [4.78, 5) is 27.6. The summed E-state index contributed by atoms with van der Waals surface area (Å²) in [5.74, 6) is 0.432. The van der Waals surface area contributed by atoms with Crippen LogP contribution in [0, 0.1) is 5.92 Å². The summed E-state index contributed by atoms with van der Waals surface area (Å²) in [6.07, 6.45) is 2.76. The summed E-state index contributed by atoms with van der Waals surface area (Å²) < 4.78 is 0. The lowest BCUT2D eigenvalue weighted by molar-refractivity contribution is -0.138. The molecule has 1 aliphatic heterocycles. The van der Waals surface area contributed by atoms with Crippen LogP contribution in [0.4, 0.5) is 4.79 Å². The minimum Gasteiger partial charge on any atom is -0.465 e. The molecule has 1 N–H and O–H groups in total. The summed E-state index contributed by atoms with van der Waals surface area (Å²) >= 11 is 0. The van der Waals surface area contributed by atoms with Gasteiger partial charge >= 0.3 is 6.09 Å². The third kappa shape index (κ3) is 4.33. The number of rotatable bonds is 5. The van der Waals surface area contributed by atoms with Crippen molar-refractivity contribution in [3.8, 4) is 0 Å². The minimum atomic E-state index is -0.917. The molecule has 2 aliphatic rings. The van der Waals surface area contributed by atoms with E-state index in [1.54, 1.807) is 0 Å². The van der Waals surface area contributed by atoms with E-state index in [0.717, 1.165) is 31.2 Å². The summed E-state index contributed by atoms with van der Waals surface area (Å²) in [5, 5.41) is 9.20. The van der Waals surface area contributed by atoms with Crippen LogP contribution in [0.5, 0.6) is 0 Å². The highest BCUT2D eigenvalue weighted by Gasteiger charge is 2.37. The fraction of sp³-hybridized carbons (Fsp3) is 0.600.